The van der Waals surface area contributed by atoms with Crippen LogP contribution < -0.4 is 5.32 Å². The molecule has 0 saturated carbocycles. The second-order valence-electron chi connectivity index (χ2n) is 7.66. The average Bonchev–Trinajstić information content (AvgIpc) is 3.13. The molecular weight excluding hydrogens is 348 g/mol. The lowest BCUT2D eigenvalue weighted by molar-refractivity contribution is -0.116. The third-order valence-electron chi connectivity index (χ3n) is 5.10. The lowest BCUT2D eigenvalue weighted by Gasteiger charge is -2.16. The quantitative estimate of drug-likeness (QED) is 0.577. The van der Waals surface area contributed by atoms with Gasteiger partial charge in [-0.3, -0.25) is 4.79 Å². The summed E-state index contributed by atoms with van der Waals surface area (Å²) in [6, 6.07) is 12.3. The molecule has 28 heavy (non-hydrogen) atoms. The van der Waals surface area contributed by atoms with Gasteiger partial charge in [0.05, 0.1) is 6.20 Å². The first kappa shape index (κ1) is 19.9. The standard InChI is InChI=1S/C24H28N2O2/c1-15(2)20-8-6-7-17(4)24(20)26-22(27)11-12-23-25-14-21(28-23)19-10-9-16(3)18(5)13-19/h6-10,13-15H,11-12H2,1-5H3,(H,26,27). The van der Waals surface area contributed by atoms with E-state index in [9.17, 15) is 4.79 Å². The summed E-state index contributed by atoms with van der Waals surface area (Å²) in [7, 11) is 0. The van der Waals surface area contributed by atoms with E-state index in [1.54, 1.807) is 6.20 Å². The van der Waals surface area contributed by atoms with Crippen LogP contribution in [0.2, 0.25) is 0 Å². The molecule has 0 radical (unpaired) electrons. The molecule has 0 unspecified atom stereocenters. The zero-order chi connectivity index (χ0) is 20.3. The summed E-state index contributed by atoms with van der Waals surface area (Å²) in [5.74, 6) is 1.64. The van der Waals surface area contributed by atoms with Gasteiger partial charge in [-0.05, 0) is 55.0 Å². The minimum Gasteiger partial charge on any atom is -0.441 e. The van der Waals surface area contributed by atoms with E-state index < -0.39 is 0 Å². The van der Waals surface area contributed by atoms with Crippen molar-refractivity contribution in [3.8, 4) is 11.3 Å². The number of para-hydroxylation sites is 1. The maximum atomic E-state index is 12.5. The molecule has 0 atom stereocenters. The molecule has 0 aliphatic heterocycles. The van der Waals surface area contributed by atoms with E-state index in [0.29, 0.717) is 24.7 Å². The van der Waals surface area contributed by atoms with Crippen LogP contribution in [0.3, 0.4) is 0 Å². The summed E-state index contributed by atoms with van der Waals surface area (Å²) in [6.45, 7) is 10.4. The Morgan fingerprint density at radius 2 is 1.86 bits per heavy atom. The number of carbonyl (C=O) groups excluding carboxylic acids is 1. The summed E-state index contributed by atoms with van der Waals surface area (Å²) in [6.07, 6.45) is 2.54. The number of benzene rings is 2. The molecule has 1 heterocycles. The topological polar surface area (TPSA) is 55.1 Å². The van der Waals surface area contributed by atoms with Crippen molar-refractivity contribution in [1.82, 2.24) is 4.98 Å². The van der Waals surface area contributed by atoms with Crippen molar-refractivity contribution in [2.45, 2.75) is 53.4 Å². The highest BCUT2D eigenvalue weighted by Gasteiger charge is 2.14. The highest BCUT2D eigenvalue weighted by Crippen LogP contribution is 2.28. The molecule has 0 saturated heterocycles. The predicted octanol–water partition coefficient (Wildman–Crippen LogP) is 5.96. The van der Waals surface area contributed by atoms with Gasteiger partial charge in [0.25, 0.3) is 0 Å². The van der Waals surface area contributed by atoms with Gasteiger partial charge in [-0.15, -0.1) is 0 Å². The first-order valence-electron chi connectivity index (χ1n) is 9.77. The van der Waals surface area contributed by atoms with Crippen LogP contribution in [0.1, 0.15) is 54.3 Å². The smallest absolute Gasteiger partial charge is 0.224 e. The third kappa shape index (κ3) is 4.50. The molecule has 3 aromatic rings. The van der Waals surface area contributed by atoms with Gasteiger partial charge in [0.1, 0.15) is 0 Å². The van der Waals surface area contributed by atoms with Gasteiger partial charge in [0, 0.05) is 24.1 Å². The zero-order valence-corrected chi connectivity index (χ0v) is 17.3. The van der Waals surface area contributed by atoms with E-state index in [2.05, 4.69) is 56.2 Å². The molecule has 0 aliphatic rings. The Kier molecular flexibility index (Phi) is 5.98. The molecule has 0 spiro atoms. The fourth-order valence-electron chi connectivity index (χ4n) is 3.22. The molecule has 4 heteroatoms. The van der Waals surface area contributed by atoms with E-state index in [1.165, 1.54) is 11.1 Å². The number of hydrogen-bond donors (Lipinski definition) is 1. The zero-order valence-electron chi connectivity index (χ0n) is 17.3. The average molecular weight is 377 g/mol. The first-order chi connectivity index (χ1) is 13.3. The van der Waals surface area contributed by atoms with Gasteiger partial charge in [-0.1, -0.05) is 44.2 Å². The molecule has 4 nitrogen and oxygen atoms in total. The molecule has 2 aromatic carbocycles. The molecule has 0 aliphatic carbocycles. The second-order valence-corrected chi connectivity index (χ2v) is 7.66. The Hall–Kier alpha value is -2.88. The fourth-order valence-corrected chi connectivity index (χ4v) is 3.22. The number of aryl methyl sites for hydroxylation is 4. The number of carbonyl (C=O) groups is 1. The summed E-state index contributed by atoms with van der Waals surface area (Å²) >= 11 is 0. The van der Waals surface area contributed by atoms with Crippen molar-refractivity contribution in [3.63, 3.8) is 0 Å². The summed E-state index contributed by atoms with van der Waals surface area (Å²) in [5, 5.41) is 3.07. The minimum absolute atomic E-state index is 0.0258. The van der Waals surface area contributed by atoms with Crippen LogP contribution in [-0.4, -0.2) is 10.9 Å². The fraction of sp³-hybridized carbons (Fsp3) is 0.333. The van der Waals surface area contributed by atoms with Crippen molar-refractivity contribution >= 4 is 11.6 Å². The minimum atomic E-state index is -0.0258. The number of rotatable bonds is 6. The van der Waals surface area contributed by atoms with Gasteiger partial charge in [-0.25, -0.2) is 4.98 Å². The molecule has 3 rings (SSSR count). The normalized spacial score (nSPS) is 11.1. The van der Waals surface area contributed by atoms with Crippen LogP contribution in [0.15, 0.2) is 47.0 Å². The molecule has 146 valence electrons. The SMILES string of the molecule is Cc1ccc(-c2cnc(CCC(=O)Nc3c(C)cccc3C(C)C)o2)cc1C. The summed E-state index contributed by atoms with van der Waals surface area (Å²) in [4.78, 5) is 16.8. The largest absolute Gasteiger partial charge is 0.441 e. The monoisotopic (exact) mass is 376 g/mol. The third-order valence-corrected chi connectivity index (χ3v) is 5.10. The number of oxazole rings is 1. The van der Waals surface area contributed by atoms with Gasteiger partial charge < -0.3 is 9.73 Å². The van der Waals surface area contributed by atoms with E-state index >= 15 is 0 Å². The lowest BCUT2D eigenvalue weighted by Crippen LogP contribution is -2.15. The molecule has 1 N–H and O–H groups in total. The molecule has 0 bridgehead atoms. The van der Waals surface area contributed by atoms with Crippen LogP contribution in [0.25, 0.3) is 11.3 Å². The van der Waals surface area contributed by atoms with Gasteiger partial charge in [0.2, 0.25) is 5.91 Å². The number of aromatic nitrogens is 1. The van der Waals surface area contributed by atoms with Crippen molar-refractivity contribution in [2.24, 2.45) is 0 Å². The van der Waals surface area contributed by atoms with Gasteiger partial charge >= 0.3 is 0 Å². The highest BCUT2D eigenvalue weighted by molar-refractivity contribution is 5.92. The van der Waals surface area contributed by atoms with Gasteiger partial charge in [0.15, 0.2) is 11.7 Å². The van der Waals surface area contributed by atoms with E-state index in [1.807, 2.05) is 25.1 Å². The Morgan fingerprint density at radius 3 is 2.57 bits per heavy atom. The Morgan fingerprint density at radius 1 is 1.07 bits per heavy atom. The molecule has 1 amide bonds. The van der Waals surface area contributed by atoms with Gasteiger partial charge in [-0.2, -0.15) is 0 Å². The number of amides is 1. The number of anilines is 1. The maximum Gasteiger partial charge on any atom is 0.224 e. The van der Waals surface area contributed by atoms with Crippen LogP contribution in [0, 0.1) is 20.8 Å². The number of nitrogens with zero attached hydrogens (tertiary/aromatic N) is 1. The van der Waals surface area contributed by atoms with E-state index in [0.717, 1.165) is 28.1 Å². The van der Waals surface area contributed by atoms with Crippen LogP contribution in [0.4, 0.5) is 5.69 Å². The van der Waals surface area contributed by atoms with E-state index in [4.69, 9.17) is 4.42 Å². The number of nitrogens with one attached hydrogen (secondary N) is 1. The Bertz CT molecular complexity index is 986. The predicted molar refractivity (Wildman–Crippen MR) is 114 cm³/mol. The summed E-state index contributed by atoms with van der Waals surface area (Å²) in [5.41, 5.74) is 6.62. The Labute approximate surface area is 167 Å². The first-order valence-corrected chi connectivity index (χ1v) is 9.77. The van der Waals surface area contributed by atoms with Crippen molar-refractivity contribution in [2.75, 3.05) is 5.32 Å². The highest BCUT2D eigenvalue weighted by atomic mass is 16.4. The lowest BCUT2D eigenvalue weighted by atomic mass is 9.98. The van der Waals surface area contributed by atoms with E-state index in [-0.39, 0.29) is 5.91 Å². The number of hydrogen-bond acceptors (Lipinski definition) is 3. The Balaban J connectivity index is 1.65. The molecule has 0 fully saturated rings. The van der Waals surface area contributed by atoms with Crippen LogP contribution in [0.5, 0.6) is 0 Å². The van der Waals surface area contributed by atoms with Crippen molar-refractivity contribution < 1.29 is 9.21 Å². The van der Waals surface area contributed by atoms with Crippen LogP contribution in [-0.2, 0) is 11.2 Å². The van der Waals surface area contributed by atoms with Crippen LogP contribution >= 0.6 is 0 Å². The molecular formula is C24H28N2O2. The van der Waals surface area contributed by atoms with Crippen molar-refractivity contribution in [1.29, 1.82) is 0 Å². The van der Waals surface area contributed by atoms with Crippen molar-refractivity contribution in [3.05, 3.63) is 70.7 Å². The molecule has 1 aromatic heterocycles. The second kappa shape index (κ2) is 8.42. The summed E-state index contributed by atoms with van der Waals surface area (Å²) < 4.78 is 5.86. The maximum absolute atomic E-state index is 12.5.